The summed E-state index contributed by atoms with van der Waals surface area (Å²) in [5.74, 6) is 0.583. The van der Waals surface area contributed by atoms with Crippen LogP contribution in [0.5, 0.6) is 0 Å². The second-order valence-corrected chi connectivity index (χ2v) is 5.63. The fourth-order valence-electron chi connectivity index (χ4n) is 2.24. The van der Waals surface area contributed by atoms with E-state index in [1.807, 2.05) is 6.92 Å². The van der Waals surface area contributed by atoms with Gasteiger partial charge in [-0.3, -0.25) is 0 Å². The summed E-state index contributed by atoms with van der Waals surface area (Å²) in [7, 11) is 0. The molecule has 0 aliphatic rings. The molecule has 0 radical (unpaired) electrons. The van der Waals surface area contributed by atoms with Gasteiger partial charge in [0.1, 0.15) is 0 Å². The number of nitrogens with one attached hydrogen (secondary N) is 1. The van der Waals surface area contributed by atoms with Crippen molar-refractivity contribution >= 4 is 6.03 Å². The lowest BCUT2D eigenvalue weighted by molar-refractivity contribution is 0.172. The van der Waals surface area contributed by atoms with Crippen LogP contribution in [0.15, 0.2) is 0 Å². The van der Waals surface area contributed by atoms with Crippen LogP contribution in [0.4, 0.5) is 4.79 Å². The molecule has 0 bridgehead atoms. The lowest BCUT2D eigenvalue weighted by Gasteiger charge is -2.26. The van der Waals surface area contributed by atoms with Gasteiger partial charge in [-0.1, -0.05) is 40.5 Å². The quantitative estimate of drug-likeness (QED) is 0.642. The molecule has 0 aliphatic carbocycles. The van der Waals surface area contributed by atoms with E-state index in [0.717, 1.165) is 32.1 Å². The maximum atomic E-state index is 12.2. The van der Waals surface area contributed by atoms with Crippen molar-refractivity contribution in [2.75, 3.05) is 19.7 Å². The Kier molecular flexibility index (Phi) is 10.6. The van der Waals surface area contributed by atoms with Crippen LogP contribution >= 0.6 is 0 Å². The standard InChI is InChI=1S/C15H32N2O2/c1-5-7-8-14(12-13(3)4)16-15(19)17(9-6-2)10-11-18/h13-14,18H,5-12H2,1-4H3,(H,16,19). The molecule has 0 saturated heterocycles. The molecule has 1 atom stereocenters. The number of rotatable bonds is 10. The molecule has 0 aromatic rings. The number of unbranched alkanes of at least 4 members (excludes halogenated alkanes) is 1. The predicted molar refractivity (Wildman–Crippen MR) is 80.2 cm³/mol. The van der Waals surface area contributed by atoms with Gasteiger partial charge in [-0.05, 0) is 25.2 Å². The lowest BCUT2D eigenvalue weighted by Crippen LogP contribution is -2.46. The van der Waals surface area contributed by atoms with Gasteiger partial charge in [0.2, 0.25) is 0 Å². The minimum atomic E-state index is -0.0300. The first-order valence-electron chi connectivity index (χ1n) is 7.71. The molecule has 0 aliphatic heterocycles. The van der Waals surface area contributed by atoms with Crippen molar-refractivity contribution in [3.8, 4) is 0 Å². The minimum absolute atomic E-state index is 0.0250. The van der Waals surface area contributed by atoms with Crippen molar-refractivity contribution in [3.05, 3.63) is 0 Å². The minimum Gasteiger partial charge on any atom is -0.395 e. The second kappa shape index (κ2) is 11.1. The number of carbonyl (C=O) groups excluding carboxylic acids is 1. The molecule has 0 aromatic heterocycles. The third kappa shape index (κ3) is 8.87. The van der Waals surface area contributed by atoms with E-state index in [-0.39, 0.29) is 18.7 Å². The summed E-state index contributed by atoms with van der Waals surface area (Å²) in [6.07, 6.45) is 5.27. The molecule has 0 aromatic carbocycles. The monoisotopic (exact) mass is 272 g/mol. The molecule has 0 heterocycles. The summed E-state index contributed by atoms with van der Waals surface area (Å²) in [6, 6.07) is 0.225. The van der Waals surface area contributed by atoms with Crippen LogP contribution in [0.3, 0.4) is 0 Å². The molecule has 114 valence electrons. The first kappa shape index (κ1) is 18.2. The maximum Gasteiger partial charge on any atom is 0.317 e. The number of aliphatic hydroxyl groups excluding tert-OH is 1. The fourth-order valence-corrected chi connectivity index (χ4v) is 2.24. The smallest absolute Gasteiger partial charge is 0.317 e. The third-order valence-corrected chi connectivity index (χ3v) is 3.14. The van der Waals surface area contributed by atoms with E-state index in [9.17, 15) is 4.79 Å². The number of nitrogens with zero attached hydrogens (tertiary/aromatic N) is 1. The Hall–Kier alpha value is -0.770. The van der Waals surface area contributed by atoms with Crippen LogP contribution in [0.1, 0.15) is 59.8 Å². The average Bonchev–Trinajstić information content (AvgIpc) is 2.35. The molecule has 2 amide bonds. The number of carbonyl (C=O) groups is 1. The van der Waals surface area contributed by atoms with Gasteiger partial charge in [0.25, 0.3) is 0 Å². The molecule has 0 spiro atoms. The Bertz CT molecular complexity index is 226. The molecule has 2 N–H and O–H groups in total. The third-order valence-electron chi connectivity index (χ3n) is 3.14. The molecule has 0 fully saturated rings. The van der Waals surface area contributed by atoms with E-state index < -0.39 is 0 Å². The lowest BCUT2D eigenvalue weighted by atomic mass is 9.99. The summed E-state index contributed by atoms with van der Waals surface area (Å²) >= 11 is 0. The largest absolute Gasteiger partial charge is 0.395 e. The summed E-state index contributed by atoms with van der Waals surface area (Å²) in [5.41, 5.74) is 0. The van der Waals surface area contributed by atoms with Gasteiger partial charge in [0, 0.05) is 19.1 Å². The van der Waals surface area contributed by atoms with Crippen molar-refractivity contribution in [2.45, 2.75) is 65.8 Å². The molecule has 4 heteroatoms. The van der Waals surface area contributed by atoms with Crippen molar-refractivity contribution in [2.24, 2.45) is 5.92 Å². The fraction of sp³-hybridized carbons (Fsp3) is 0.933. The van der Waals surface area contributed by atoms with Gasteiger partial charge in [-0.15, -0.1) is 0 Å². The van der Waals surface area contributed by atoms with Gasteiger partial charge in [0.05, 0.1) is 6.61 Å². The Labute approximate surface area is 118 Å². The van der Waals surface area contributed by atoms with Crippen LogP contribution < -0.4 is 5.32 Å². The van der Waals surface area contributed by atoms with Crippen LogP contribution in [0.2, 0.25) is 0 Å². The number of urea groups is 1. The molecular weight excluding hydrogens is 240 g/mol. The number of hydrogen-bond acceptors (Lipinski definition) is 2. The van der Waals surface area contributed by atoms with E-state index in [4.69, 9.17) is 5.11 Å². The molecule has 0 rings (SSSR count). The normalized spacial score (nSPS) is 12.5. The molecule has 0 saturated carbocycles. The van der Waals surface area contributed by atoms with Crippen molar-refractivity contribution in [1.82, 2.24) is 10.2 Å². The molecular formula is C15H32N2O2. The van der Waals surface area contributed by atoms with Crippen molar-refractivity contribution in [3.63, 3.8) is 0 Å². The summed E-state index contributed by atoms with van der Waals surface area (Å²) in [6.45, 7) is 9.72. The second-order valence-electron chi connectivity index (χ2n) is 5.63. The van der Waals surface area contributed by atoms with Gasteiger partial charge < -0.3 is 15.3 Å². The zero-order valence-corrected chi connectivity index (χ0v) is 13.1. The number of aliphatic hydroxyl groups is 1. The Balaban J connectivity index is 4.38. The van der Waals surface area contributed by atoms with Crippen molar-refractivity contribution in [1.29, 1.82) is 0 Å². The maximum absolute atomic E-state index is 12.2. The van der Waals surface area contributed by atoms with E-state index in [2.05, 4.69) is 26.1 Å². The summed E-state index contributed by atoms with van der Waals surface area (Å²) in [5, 5.41) is 12.1. The van der Waals surface area contributed by atoms with Gasteiger partial charge in [-0.2, -0.15) is 0 Å². The van der Waals surface area contributed by atoms with Crippen LogP contribution in [-0.4, -0.2) is 41.8 Å². The molecule has 19 heavy (non-hydrogen) atoms. The Morgan fingerprint density at radius 1 is 1.21 bits per heavy atom. The van der Waals surface area contributed by atoms with E-state index in [1.165, 1.54) is 0 Å². The molecule has 4 nitrogen and oxygen atoms in total. The SMILES string of the molecule is CCCCC(CC(C)C)NC(=O)N(CCC)CCO. The van der Waals surface area contributed by atoms with Crippen LogP contribution in [0.25, 0.3) is 0 Å². The van der Waals surface area contributed by atoms with Gasteiger partial charge in [0.15, 0.2) is 0 Å². The highest BCUT2D eigenvalue weighted by Gasteiger charge is 2.17. The number of hydrogen-bond donors (Lipinski definition) is 2. The van der Waals surface area contributed by atoms with E-state index >= 15 is 0 Å². The predicted octanol–water partition coefficient (Wildman–Crippen LogP) is 3.01. The first-order valence-corrected chi connectivity index (χ1v) is 7.71. The highest BCUT2D eigenvalue weighted by Crippen LogP contribution is 2.11. The molecule has 1 unspecified atom stereocenters. The topological polar surface area (TPSA) is 52.6 Å². The number of amides is 2. The summed E-state index contributed by atoms with van der Waals surface area (Å²) in [4.78, 5) is 13.9. The van der Waals surface area contributed by atoms with E-state index in [1.54, 1.807) is 4.90 Å². The van der Waals surface area contributed by atoms with Crippen LogP contribution in [-0.2, 0) is 0 Å². The van der Waals surface area contributed by atoms with Gasteiger partial charge >= 0.3 is 6.03 Å². The van der Waals surface area contributed by atoms with Crippen LogP contribution in [0, 0.1) is 5.92 Å². The highest BCUT2D eigenvalue weighted by atomic mass is 16.3. The summed E-state index contributed by atoms with van der Waals surface area (Å²) < 4.78 is 0. The van der Waals surface area contributed by atoms with E-state index in [0.29, 0.717) is 19.0 Å². The Morgan fingerprint density at radius 2 is 1.89 bits per heavy atom. The zero-order valence-electron chi connectivity index (χ0n) is 13.1. The average molecular weight is 272 g/mol. The first-order chi connectivity index (χ1) is 9.04. The Morgan fingerprint density at radius 3 is 2.37 bits per heavy atom. The highest BCUT2D eigenvalue weighted by molar-refractivity contribution is 5.74. The van der Waals surface area contributed by atoms with Crippen molar-refractivity contribution < 1.29 is 9.90 Å². The zero-order chi connectivity index (χ0) is 14.7. The van der Waals surface area contributed by atoms with Gasteiger partial charge in [-0.25, -0.2) is 4.79 Å².